The lowest BCUT2D eigenvalue weighted by molar-refractivity contribution is -0.131. The van der Waals surface area contributed by atoms with E-state index < -0.39 is 5.54 Å². The first-order chi connectivity index (χ1) is 12.5. The fourth-order valence-electron chi connectivity index (χ4n) is 3.58. The van der Waals surface area contributed by atoms with Gasteiger partial charge in [-0.3, -0.25) is 9.69 Å². The minimum Gasteiger partial charge on any atom is -0.354 e. The quantitative estimate of drug-likeness (QED) is 0.476. The number of benzene rings is 1. The predicted molar refractivity (Wildman–Crippen MR) is 101 cm³/mol. The van der Waals surface area contributed by atoms with E-state index in [0.717, 1.165) is 37.2 Å². The van der Waals surface area contributed by atoms with E-state index in [-0.39, 0.29) is 11.9 Å². The van der Waals surface area contributed by atoms with Crippen molar-refractivity contribution < 1.29 is 9.59 Å². The first-order valence-electron chi connectivity index (χ1n) is 9.15. The van der Waals surface area contributed by atoms with Crippen molar-refractivity contribution in [2.75, 3.05) is 27.2 Å². The molecule has 140 valence electrons. The monoisotopic (exact) mass is 357 g/mol. The molecule has 0 bridgehead atoms. The summed E-state index contributed by atoms with van der Waals surface area (Å²) in [5.74, 6) is 0.658. The maximum Gasteiger partial charge on any atom is 0.325 e. The molecule has 1 aliphatic carbocycles. The van der Waals surface area contributed by atoms with Crippen LogP contribution in [0.4, 0.5) is 4.79 Å². The molecule has 26 heavy (non-hydrogen) atoms. The highest BCUT2D eigenvalue weighted by molar-refractivity contribution is 6.07. The standard InChI is InChI=1S/C19H27N5O2/c1-23(2)17(21-14-15-8-4-3-5-9-15)20-12-13-24-16(25)19(22-18(24)26)10-6-7-11-19/h3-5,8-9H,6-7,10-14H2,1-2H3,(H,20,21)(H,22,26). The Labute approximate surface area is 154 Å². The van der Waals surface area contributed by atoms with E-state index in [4.69, 9.17) is 0 Å². The number of urea groups is 1. The molecule has 1 aromatic rings. The molecule has 0 radical (unpaired) electrons. The van der Waals surface area contributed by atoms with Gasteiger partial charge in [-0.05, 0) is 18.4 Å². The number of amides is 3. The van der Waals surface area contributed by atoms with Crippen LogP contribution in [0.1, 0.15) is 31.2 Å². The van der Waals surface area contributed by atoms with Gasteiger partial charge in [0.05, 0.1) is 6.54 Å². The lowest BCUT2D eigenvalue weighted by Gasteiger charge is -2.21. The molecule has 3 amide bonds. The highest BCUT2D eigenvalue weighted by Crippen LogP contribution is 2.34. The summed E-state index contributed by atoms with van der Waals surface area (Å²) in [5, 5.41) is 6.14. The molecular weight excluding hydrogens is 330 g/mol. The maximum absolute atomic E-state index is 12.6. The third-order valence-electron chi connectivity index (χ3n) is 5.00. The SMILES string of the molecule is CN(C)C(=NCc1ccccc1)NCCN1C(=O)NC2(CCCC2)C1=O. The second-order valence-corrected chi connectivity index (χ2v) is 7.12. The van der Waals surface area contributed by atoms with Crippen molar-refractivity contribution in [3.05, 3.63) is 35.9 Å². The second-order valence-electron chi connectivity index (χ2n) is 7.12. The highest BCUT2D eigenvalue weighted by Gasteiger charge is 2.52. The number of hydrogen-bond acceptors (Lipinski definition) is 3. The minimum atomic E-state index is -0.636. The van der Waals surface area contributed by atoms with E-state index in [0.29, 0.717) is 19.6 Å². The number of carbonyl (C=O) groups is 2. The zero-order valence-electron chi connectivity index (χ0n) is 15.5. The van der Waals surface area contributed by atoms with Crippen LogP contribution in [0.15, 0.2) is 35.3 Å². The largest absolute Gasteiger partial charge is 0.354 e. The molecule has 1 aliphatic heterocycles. The summed E-state index contributed by atoms with van der Waals surface area (Å²) >= 11 is 0. The molecular formula is C19H27N5O2. The van der Waals surface area contributed by atoms with Gasteiger partial charge in [0.25, 0.3) is 5.91 Å². The lowest BCUT2D eigenvalue weighted by Crippen LogP contribution is -2.45. The van der Waals surface area contributed by atoms with Gasteiger partial charge >= 0.3 is 6.03 Å². The number of nitrogens with one attached hydrogen (secondary N) is 2. The van der Waals surface area contributed by atoms with Crippen molar-refractivity contribution in [1.29, 1.82) is 0 Å². The molecule has 0 unspecified atom stereocenters. The van der Waals surface area contributed by atoms with Gasteiger partial charge in [0.1, 0.15) is 5.54 Å². The summed E-state index contributed by atoms with van der Waals surface area (Å²) in [5.41, 5.74) is 0.494. The van der Waals surface area contributed by atoms with Crippen LogP contribution < -0.4 is 10.6 Å². The first-order valence-corrected chi connectivity index (χ1v) is 9.15. The minimum absolute atomic E-state index is 0.0746. The van der Waals surface area contributed by atoms with Gasteiger partial charge in [0.15, 0.2) is 5.96 Å². The number of aliphatic imine (C=N–C) groups is 1. The normalized spacial score (nSPS) is 19.2. The Balaban J connectivity index is 1.55. The molecule has 1 saturated carbocycles. The first kappa shape index (κ1) is 18.2. The highest BCUT2D eigenvalue weighted by atomic mass is 16.2. The molecule has 7 nitrogen and oxygen atoms in total. The zero-order valence-corrected chi connectivity index (χ0v) is 15.5. The average molecular weight is 357 g/mol. The van der Waals surface area contributed by atoms with E-state index >= 15 is 0 Å². The number of imide groups is 1. The van der Waals surface area contributed by atoms with Gasteiger partial charge in [-0.15, -0.1) is 0 Å². The van der Waals surface area contributed by atoms with Gasteiger partial charge in [-0.2, -0.15) is 0 Å². The molecule has 1 spiro atoms. The van der Waals surface area contributed by atoms with Crippen molar-refractivity contribution in [1.82, 2.24) is 20.4 Å². The summed E-state index contributed by atoms with van der Waals surface area (Å²) in [6.07, 6.45) is 3.50. The lowest BCUT2D eigenvalue weighted by atomic mass is 9.98. The Morgan fingerprint density at radius 1 is 1.23 bits per heavy atom. The van der Waals surface area contributed by atoms with E-state index in [1.807, 2.05) is 49.3 Å². The number of hydrogen-bond donors (Lipinski definition) is 2. The Morgan fingerprint density at radius 3 is 2.58 bits per heavy atom. The van der Waals surface area contributed by atoms with E-state index in [9.17, 15) is 9.59 Å². The van der Waals surface area contributed by atoms with Crippen LogP contribution in [0, 0.1) is 0 Å². The van der Waals surface area contributed by atoms with Gasteiger partial charge in [-0.25, -0.2) is 9.79 Å². The molecule has 1 heterocycles. The molecule has 3 rings (SSSR count). The van der Waals surface area contributed by atoms with Gasteiger partial charge in [0.2, 0.25) is 0 Å². The number of carbonyl (C=O) groups excluding carboxylic acids is 2. The van der Waals surface area contributed by atoms with Crippen molar-refractivity contribution in [3.63, 3.8) is 0 Å². The summed E-state index contributed by atoms with van der Waals surface area (Å²) < 4.78 is 0. The molecule has 7 heteroatoms. The predicted octanol–water partition coefficient (Wildman–Crippen LogP) is 1.56. The molecule has 0 aromatic heterocycles. The smallest absolute Gasteiger partial charge is 0.325 e. The van der Waals surface area contributed by atoms with E-state index in [2.05, 4.69) is 15.6 Å². The molecule has 1 saturated heterocycles. The Kier molecular flexibility index (Phi) is 5.44. The molecule has 0 atom stereocenters. The van der Waals surface area contributed by atoms with Crippen LogP contribution in [0.2, 0.25) is 0 Å². The van der Waals surface area contributed by atoms with Crippen LogP contribution in [0.3, 0.4) is 0 Å². The summed E-state index contributed by atoms with van der Waals surface area (Å²) in [4.78, 5) is 32.7. The van der Waals surface area contributed by atoms with Crippen LogP contribution in [0.5, 0.6) is 0 Å². The van der Waals surface area contributed by atoms with Crippen LogP contribution in [0.25, 0.3) is 0 Å². The average Bonchev–Trinajstić information content (AvgIpc) is 3.18. The third-order valence-corrected chi connectivity index (χ3v) is 5.00. The van der Waals surface area contributed by atoms with E-state index in [1.54, 1.807) is 0 Å². The number of guanidine groups is 1. The second kappa shape index (κ2) is 7.76. The Hall–Kier alpha value is -2.57. The van der Waals surface area contributed by atoms with Gasteiger partial charge in [-0.1, -0.05) is 43.2 Å². The summed E-state index contributed by atoms with van der Waals surface area (Å²) in [6, 6.07) is 9.75. The number of rotatable bonds is 5. The summed E-state index contributed by atoms with van der Waals surface area (Å²) in [7, 11) is 3.83. The van der Waals surface area contributed by atoms with Gasteiger partial charge < -0.3 is 15.5 Å². The van der Waals surface area contributed by atoms with Crippen LogP contribution >= 0.6 is 0 Å². The maximum atomic E-state index is 12.6. The number of nitrogens with zero attached hydrogens (tertiary/aromatic N) is 3. The Bertz CT molecular complexity index is 680. The Morgan fingerprint density at radius 2 is 1.92 bits per heavy atom. The van der Waals surface area contributed by atoms with Crippen molar-refractivity contribution in [2.45, 2.75) is 37.8 Å². The zero-order chi connectivity index (χ0) is 18.6. The fraction of sp³-hybridized carbons (Fsp3) is 0.526. The third kappa shape index (κ3) is 3.81. The fourth-order valence-corrected chi connectivity index (χ4v) is 3.58. The topological polar surface area (TPSA) is 77.0 Å². The molecule has 2 N–H and O–H groups in total. The summed E-state index contributed by atoms with van der Waals surface area (Å²) in [6.45, 7) is 1.39. The molecule has 2 aliphatic rings. The molecule has 2 fully saturated rings. The van der Waals surface area contributed by atoms with Crippen molar-refractivity contribution >= 4 is 17.9 Å². The van der Waals surface area contributed by atoms with Crippen molar-refractivity contribution in [3.8, 4) is 0 Å². The van der Waals surface area contributed by atoms with Crippen LogP contribution in [-0.2, 0) is 11.3 Å². The van der Waals surface area contributed by atoms with Gasteiger partial charge in [0, 0.05) is 27.2 Å². The van der Waals surface area contributed by atoms with Crippen molar-refractivity contribution in [2.24, 2.45) is 4.99 Å². The van der Waals surface area contributed by atoms with E-state index in [1.165, 1.54) is 4.90 Å². The van der Waals surface area contributed by atoms with Crippen LogP contribution in [-0.4, -0.2) is 60.4 Å². The molecule has 1 aromatic carbocycles.